The fourth-order valence-electron chi connectivity index (χ4n) is 3.14. The summed E-state index contributed by atoms with van der Waals surface area (Å²) >= 11 is 0. The van der Waals surface area contributed by atoms with Crippen LogP contribution < -0.4 is 10.6 Å². The van der Waals surface area contributed by atoms with Crippen LogP contribution in [0.3, 0.4) is 0 Å². The second-order valence-corrected chi connectivity index (χ2v) is 8.13. The highest BCUT2D eigenvalue weighted by atomic mass is 16.5. The third kappa shape index (κ3) is 9.04. The van der Waals surface area contributed by atoms with E-state index in [1.165, 1.54) is 0 Å². The maximum atomic E-state index is 12.9. The van der Waals surface area contributed by atoms with Crippen LogP contribution in [0.15, 0.2) is 24.8 Å². The minimum atomic E-state index is -0.348. The molecule has 2 N–H and O–H groups in total. The Morgan fingerprint density at radius 3 is 2.71 bits per heavy atom. The molecule has 8 nitrogen and oxygen atoms in total. The van der Waals surface area contributed by atoms with Crippen molar-refractivity contribution >= 4 is 11.7 Å². The molecule has 0 spiro atoms. The van der Waals surface area contributed by atoms with Gasteiger partial charge in [0.15, 0.2) is 0 Å². The Bertz CT molecular complexity index is 763. The van der Waals surface area contributed by atoms with Crippen molar-refractivity contribution in [3.63, 3.8) is 0 Å². The molecular weight excluding hydrogens is 392 g/mol. The molecule has 2 aromatic heterocycles. The zero-order chi connectivity index (χ0) is 22.5. The second kappa shape index (κ2) is 13.7. The van der Waals surface area contributed by atoms with Crippen LogP contribution in [0.2, 0.25) is 0 Å². The van der Waals surface area contributed by atoms with Gasteiger partial charge in [-0.3, -0.25) is 9.36 Å². The number of unbranched alkanes of at least 4 members (excludes halogenated alkanes) is 1. The predicted molar refractivity (Wildman–Crippen MR) is 123 cm³/mol. The van der Waals surface area contributed by atoms with Crippen LogP contribution in [-0.4, -0.2) is 51.2 Å². The highest BCUT2D eigenvalue weighted by Crippen LogP contribution is 2.16. The minimum Gasteiger partial charge on any atom is -0.382 e. The lowest BCUT2D eigenvalue weighted by atomic mass is 10.0. The summed E-state index contributed by atoms with van der Waals surface area (Å²) in [4.78, 5) is 26.3. The van der Waals surface area contributed by atoms with E-state index in [0.29, 0.717) is 37.4 Å². The molecule has 0 aliphatic heterocycles. The number of carbonyl (C=O) groups excluding carboxylic acids is 1. The molecule has 8 heteroatoms. The quantitative estimate of drug-likeness (QED) is 0.418. The lowest BCUT2D eigenvalue weighted by molar-refractivity contribution is -0.122. The number of ether oxygens (including phenoxy) is 1. The van der Waals surface area contributed by atoms with Crippen molar-refractivity contribution in [1.82, 2.24) is 24.8 Å². The number of imidazole rings is 1. The van der Waals surface area contributed by atoms with E-state index in [-0.39, 0.29) is 11.9 Å². The standard InChI is InChI=1S/C23H38N6O2/c1-5-7-9-19-16-21(28-23(26-19)29-14-13-24-17-29)27-20(11-10-18(3)4)22(30)25-12-8-15-31-6-2/h13-14,16-18,20H,5-12,15H2,1-4H3,(H,25,30)(H,26,27,28). The smallest absolute Gasteiger partial charge is 0.242 e. The van der Waals surface area contributed by atoms with E-state index in [4.69, 9.17) is 4.74 Å². The first-order valence-electron chi connectivity index (χ1n) is 11.5. The lowest BCUT2D eigenvalue weighted by Gasteiger charge is -2.20. The summed E-state index contributed by atoms with van der Waals surface area (Å²) in [6.07, 6.45) is 10.7. The van der Waals surface area contributed by atoms with Gasteiger partial charge in [-0.05, 0) is 44.9 Å². The zero-order valence-electron chi connectivity index (χ0n) is 19.4. The van der Waals surface area contributed by atoms with Crippen molar-refractivity contribution in [3.05, 3.63) is 30.5 Å². The van der Waals surface area contributed by atoms with Crippen LogP contribution in [-0.2, 0) is 16.0 Å². The fourth-order valence-corrected chi connectivity index (χ4v) is 3.14. The van der Waals surface area contributed by atoms with Gasteiger partial charge in [0.25, 0.3) is 0 Å². The summed E-state index contributed by atoms with van der Waals surface area (Å²) in [5.41, 5.74) is 0.961. The highest BCUT2D eigenvalue weighted by Gasteiger charge is 2.20. The van der Waals surface area contributed by atoms with E-state index in [1.807, 2.05) is 19.2 Å². The second-order valence-electron chi connectivity index (χ2n) is 8.13. The van der Waals surface area contributed by atoms with Gasteiger partial charge in [-0.2, -0.15) is 4.98 Å². The molecule has 1 atom stereocenters. The molecule has 2 heterocycles. The Morgan fingerprint density at radius 2 is 2.03 bits per heavy atom. The van der Waals surface area contributed by atoms with Crippen molar-refractivity contribution in [1.29, 1.82) is 0 Å². The van der Waals surface area contributed by atoms with E-state index < -0.39 is 0 Å². The van der Waals surface area contributed by atoms with Crippen LogP contribution in [0.25, 0.3) is 5.95 Å². The molecule has 0 saturated carbocycles. The van der Waals surface area contributed by atoms with Crippen molar-refractivity contribution < 1.29 is 9.53 Å². The largest absolute Gasteiger partial charge is 0.382 e. The number of nitrogens with zero attached hydrogens (tertiary/aromatic N) is 4. The number of anilines is 1. The van der Waals surface area contributed by atoms with Crippen LogP contribution in [0.1, 0.15) is 65.5 Å². The Kier molecular flexibility index (Phi) is 11.0. The molecule has 172 valence electrons. The number of amides is 1. The van der Waals surface area contributed by atoms with Crippen molar-refractivity contribution in [2.24, 2.45) is 5.92 Å². The zero-order valence-corrected chi connectivity index (χ0v) is 19.4. The Labute approximate surface area is 186 Å². The van der Waals surface area contributed by atoms with Crippen molar-refractivity contribution in [2.75, 3.05) is 25.1 Å². The van der Waals surface area contributed by atoms with Crippen LogP contribution in [0.5, 0.6) is 0 Å². The molecule has 1 unspecified atom stereocenters. The summed E-state index contributed by atoms with van der Waals surface area (Å²) in [6, 6.07) is 1.61. The SMILES string of the molecule is CCCCc1cc(NC(CCC(C)C)C(=O)NCCCOCC)nc(-n2ccnc2)n1. The minimum absolute atomic E-state index is 0.00458. The molecule has 2 rings (SSSR count). The van der Waals surface area contributed by atoms with E-state index >= 15 is 0 Å². The molecule has 1 amide bonds. The first-order valence-corrected chi connectivity index (χ1v) is 11.5. The molecule has 0 fully saturated rings. The molecule has 0 aliphatic carbocycles. The monoisotopic (exact) mass is 430 g/mol. The molecular formula is C23H38N6O2. The summed E-state index contributed by atoms with van der Waals surface area (Å²) in [5.74, 6) is 1.74. The Hall–Kier alpha value is -2.48. The van der Waals surface area contributed by atoms with Gasteiger partial charge in [0.1, 0.15) is 18.2 Å². The molecule has 0 saturated heterocycles. The number of aromatic nitrogens is 4. The molecule has 0 bridgehead atoms. The van der Waals surface area contributed by atoms with E-state index in [1.54, 1.807) is 17.1 Å². The summed E-state index contributed by atoms with van der Waals surface area (Å²) < 4.78 is 7.14. The maximum Gasteiger partial charge on any atom is 0.242 e. The van der Waals surface area contributed by atoms with Gasteiger partial charge in [0.2, 0.25) is 11.9 Å². The molecule has 0 radical (unpaired) electrons. The summed E-state index contributed by atoms with van der Waals surface area (Å²) in [7, 11) is 0. The maximum absolute atomic E-state index is 12.9. The number of aryl methyl sites for hydroxylation is 1. The predicted octanol–water partition coefficient (Wildman–Crippen LogP) is 3.76. The third-order valence-electron chi connectivity index (χ3n) is 4.93. The van der Waals surface area contributed by atoms with Crippen molar-refractivity contribution in [3.8, 4) is 5.95 Å². The molecule has 31 heavy (non-hydrogen) atoms. The van der Waals surface area contributed by atoms with Gasteiger partial charge in [-0.25, -0.2) is 9.97 Å². The highest BCUT2D eigenvalue weighted by molar-refractivity contribution is 5.84. The first-order chi connectivity index (χ1) is 15.0. The number of carbonyl (C=O) groups is 1. The Balaban J connectivity index is 2.14. The van der Waals surface area contributed by atoms with Crippen LogP contribution in [0, 0.1) is 5.92 Å². The normalized spacial score (nSPS) is 12.2. The van der Waals surface area contributed by atoms with Gasteiger partial charge in [0.05, 0.1) is 0 Å². The van der Waals surface area contributed by atoms with E-state index in [9.17, 15) is 4.79 Å². The van der Waals surface area contributed by atoms with Crippen molar-refractivity contribution in [2.45, 2.75) is 72.3 Å². The van der Waals surface area contributed by atoms with Gasteiger partial charge in [-0.1, -0.05) is 27.2 Å². The number of hydrogen-bond acceptors (Lipinski definition) is 6. The number of nitrogens with one attached hydrogen (secondary N) is 2. The van der Waals surface area contributed by atoms with Gasteiger partial charge < -0.3 is 15.4 Å². The summed E-state index contributed by atoms with van der Waals surface area (Å²) in [5, 5.41) is 6.41. The average Bonchev–Trinajstić information content (AvgIpc) is 3.29. The van der Waals surface area contributed by atoms with Gasteiger partial charge in [0, 0.05) is 43.9 Å². The van der Waals surface area contributed by atoms with Crippen LogP contribution in [0.4, 0.5) is 5.82 Å². The molecule has 2 aromatic rings. The van der Waals surface area contributed by atoms with E-state index in [0.717, 1.165) is 44.2 Å². The third-order valence-corrected chi connectivity index (χ3v) is 4.93. The summed E-state index contributed by atoms with van der Waals surface area (Å²) in [6.45, 7) is 10.4. The first kappa shape index (κ1) is 24.8. The molecule has 0 aliphatic rings. The van der Waals surface area contributed by atoms with Gasteiger partial charge >= 0.3 is 0 Å². The fraction of sp³-hybridized carbons (Fsp3) is 0.652. The van der Waals surface area contributed by atoms with Gasteiger partial charge in [-0.15, -0.1) is 0 Å². The lowest BCUT2D eigenvalue weighted by Crippen LogP contribution is -2.40. The number of rotatable bonds is 15. The number of hydrogen-bond donors (Lipinski definition) is 2. The van der Waals surface area contributed by atoms with E-state index in [2.05, 4.69) is 46.4 Å². The van der Waals surface area contributed by atoms with Crippen LogP contribution >= 0.6 is 0 Å². The average molecular weight is 431 g/mol. The topological polar surface area (TPSA) is 94.0 Å². The molecule has 0 aromatic carbocycles. The Morgan fingerprint density at radius 1 is 1.19 bits per heavy atom.